The minimum Gasteiger partial charge on any atom is -0.491 e. The van der Waals surface area contributed by atoms with Crippen LogP contribution in [0.15, 0.2) is 24.3 Å². The van der Waals surface area contributed by atoms with Crippen molar-refractivity contribution in [2.45, 2.75) is 71.8 Å². The van der Waals surface area contributed by atoms with Gasteiger partial charge in [-0.1, -0.05) is 32.4 Å². The molecule has 2 rings (SSSR count). The fraction of sp³-hybridized carbons (Fsp3) is 0.714. The van der Waals surface area contributed by atoms with Crippen LogP contribution in [0.5, 0.6) is 5.75 Å². The van der Waals surface area contributed by atoms with Crippen molar-refractivity contribution < 1.29 is 4.74 Å². The molecule has 2 nitrogen and oxygen atoms in total. The van der Waals surface area contributed by atoms with Gasteiger partial charge < -0.3 is 9.64 Å². The second-order valence-corrected chi connectivity index (χ2v) is 7.74. The first-order chi connectivity index (χ1) is 11.0. The molecule has 0 saturated carbocycles. The van der Waals surface area contributed by atoms with Crippen LogP contribution in [0.1, 0.15) is 71.3 Å². The molecule has 0 spiro atoms. The Morgan fingerprint density at radius 1 is 0.913 bits per heavy atom. The number of likely N-dealkylation sites (tertiary alicyclic amines) is 1. The summed E-state index contributed by atoms with van der Waals surface area (Å²) in [6, 6.07) is 8.86. The number of nitrogens with zero attached hydrogens (tertiary/aromatic N) is 1. The van der Waals surface area contributed by atoms with Gasteiger partial charge in [-0.2, -0.15) is 0 Å². The maximum Gasteiger partial charge on any atom is 0.119 e. The summed E-state index contributed by atoms with van der Waals surface area (Å²) in [6.45, 7) is 12.7. The van der Waals surface area contributed by atoms with Gasteiger partial charge >= 0.3 is 0 Å². The molecule has 1 unspecified atom stereocenters. The maximum atomic E-state index is 5.78. The fourth-order valence-corrected chi connectivity index (χ4v) is 3.45. The number of hydrogen-bond donors (Lipinski definition) is 0. The van der Waals surface area contributed by atoms with Crippen LogP contribution >= 0.6 is 0 Å². The van der Waals surface area contributed by atoms with Crippen LogP contribution < -0.4 is 4.74 Å². The molecule has 1 fully saturated rings. The second kappa shape index (κ2) is 9.32. The zero-order valence-electron chi connectivity index (χ0n) is 15.6. The van der Waals surface area contributed by atoms with E-state index in [2.05, 4.69) is 56.9 Å². The maximum absolute atomic E-state index is 5.78. The number of hydrogen-bond acceptors (Lipinski definition) is 2. The molecule has 1 saturated heterocycles. The minimum absolute atomic E-state index is 0.243. The lowest BCUT2D eigenvalue weighted by atomic mass is 9.88. The van der Waals surface area contributed by atoms with Crippen LogP contribution in [0.2, 0.25) is 0 Å². The largest absolute Gasteiger partial charge is 0.491 e. The van der Waals surface area contributed by atoms with Crippen molar-refractivity contribution in [2.24, 2.45) is 5.92 Å². The standard InChI is InChI=1S/C21H35NO/c1-17(2)7-8-20(13-16-22-14-5-6-15-22)19-9-11-21(12-10-19)23-18(3)4/h9-12,17-18,20H,5-8,13-16H2,1-4H3. The molecule has 2 heteroatoms. The summed E-state index contributed by atoms with van der Waals surface area (Å²) >= 11 is 0. The Balaban J connectivity index is 1.96. The summed E-state index contributed by atoms with van der Waals surface area (Å²) in [5.41, 5.74) is 1.49. The fourth-order valence-electron chi connectivity index (χ4n) is 3.45. The van der Waals surface area contributed by atoms with Crippen LogP contribution in [0.25, 0.3) is 0 Å². The minimum atomic E-state index is 0.243. The average molecular weight is 318 g/mol. The van der Waals surface area contributed by atoms with Gasteiger partial charge in [0.15, 0.2) is 0 Å². The molecule has 1 aromatic rings. The van der Waals surface area contributed by atoms with Crippen LogP contribution in [0.4, 0.5) is 0 Å². The van der Waals surface area contributed by atoms with Gasteiger partial charge in [-0.15, -0.1) is 0 Å². The van der Waals surface area contributed by atoms with E-state index in [1.165, 1.54) is 57.3 Å². The Morgan fingerprint density at radius 2 is 1.57 bits per heavy atom. The van der Waals surface area contributed by atoms with Gasteiger partial charge in [0.05, 0.1) is 6.10 Å². The molecule has 1 heterocycles. The SMILES string of the molecule is CC(C)CCC(CCN1CCCC1)c1ccc(OC(C)C)cc1. The molecule has 0 bridgehead atoms. The molecule has 0 aliphatic carbocycles. The van der Waals surface area contributed by atoms with Crippen molar-refractivity contribution in [2.75, 3.05) is 19.6 Å². The molecule has 0 radical (unpaired) electrons. The monoisotopic (exact) mass is 317 g/mol. The van der Waals surface area contributed by atoms with Crippen LogP contribution in [0.3, 0.4) is 0 Å². The first-order valence-electron chi connectivity index (χ1n) is 9.53. The number of ether oxygens (including phenoxy) is 1. The highest BCUT2D eigenvalue weighted by molar-refractivity contribution is 5.29. The summed E-state index contributed by atoms with van der Waals surface area (Å²) < 4.78 is 5.78. The van der Waals surface area contributed by atoms with E-state index in [0.29, 0.717) is 5.92 Å². The predicted octanol–water partition coefficient (Wildman–Crippen LogP) is 5.48. The zero-order chi connectivity index (χ0) is 16.7. The van der Waals surface area contributed by atoms with Gasteiger partial charge in [0.1, 0.15) is 5.75 Å². The molecule has 1 aliphatic rings. The lowest BCUT2D eigenvalue weighted by Gasteiger charge is -2.22. The van der Waals surface area contributed by atoms with E-state index >= 15 is 0 Å². The molecular weight excluding hydrogens is 282 g/mol. The predicted molar refractivity (Wildman–Crippen MR) is 99.3 cm³/mol. The lowest BCUT2D eigenvalue weighted by molar-refractivity contribution is 0.242. The highest BCUT2D eigenvalue weighted by atomic mass is 16.5. The van der Waals surface area contributed by atoms with Crippen LogP contribution in [-0.4, -0.2) is 30.6 Å². The first kappa shape index (κ1) is 18.3. The van der Waals surface area contributed by atoms with Gasteiger partial charge in [0.2, 0.25) is 0 Å². The van der Waals surface area contributed by atoms with Crippen molar-refractivity contribution >= 4 is 0 Å². The molecule has 0 N–H and O–H groups in total. The van der Waals surface area contributed by atoms with Crippen molar-refractivity contribution in [3.63, 3.8) is 0 Å². The van der Waals surface area contributed by atoms with E-state index in [1.807, 2.05) is 0 Å². The van der Waals surface area contributed by atoms with E-state index in [4.69, 9.17) is 4.74 Å². The average Bonchev–Trinajstić information content (AvgIpc) is 3.01. The highest BCUT2D eigenvalue weighted by Gasteiger charge is 2.17. The Labute approximate surface area is 143 Å². The summed E-state index contributed by atoms with van der Waals surface area (Å²) in [5.74, 6) is 2.46. The van der Waals surface area contributed by atoms with Gasteiger partial charge in [-0.05, 0) is 88.7 Å². The van der Waals surface area contributed by atoms with Crippen LogP contribution in [0, 0.1) is 5.92 Å². The Kier molecular flexibility index (Phi) is 7.42. The van der Waals surface area contributed by atoms with E-state index in [9.17, 15) is 0 Å². The first-order valence-corrected chi connectivity index (χ1v) is 9.53. The summed E-state index contributed by atoms with van der Waals surface area (Å²) in [7, 11) is 0. The van der Waals surface area contributed by atoms with Crippen LogP contribution in [-0.2, 0) is 0 Å². The Morgan fingerprint density at radius 3 is 2.13 bits per heavy atom. The Bertz CT molecular complexity index is 432. The third-order valence-electron chi connectivity index (χ3n) is 4.81. The third-order valence-corrected chi connectivity index (χ3v) is 4.81. The second-order valence-electron chi connectivity index (χ2n) is 7.74. The molecular formula is C21H35NO. The summed E-state index contributed by atoms with van der Waals surface area (Å²) in [4.78, 5) is 2.64. The van der Waals surface area contributed by atoms with Gasteiger partial charge in [0, 0.05) is 0 Å². The number of benzene rings is 1. The summed E-state index contributed by atoms with van der Waals surface area (Å²) in [6.07, 6.45) is 6.92. The zero-order valence-corrected chi connectivity index (χ0v) is 15.6. The summed E-state index contributed by atoms with van der Waals surface area (Å²) in [5, 5.41) is 0. The lowest BCUT2D eigenvalue weighted by Crippen LogP contribution is -2.22. The Hall–Kier alpha value is -1.02. The molecule has 1 aliphatic heterocycles. The van der Waals surface area contributed by atoms with Crippen molar-refractivity contribution in [1.82, 2.24) is 4.90 Å². The van der Waals surface area contributed by atoms with Crippen molar-refractivity contribution in [3.05, 3.63) is 29.8 Å². The highest BCUT2D eigenvalue weighted by Crippen LogP contribution is 2.29. The van der Waals surface area contributed by atoms with E-state index in [-0.39, 0.29) is 6.10 Å². The quantitative estimate of drug-likeness (QED) is 0.598. The molecule has 0 amide bonds. The van der Waals surface area contributed by atoms with Gasteiger partial charge in [-0.3, -0.25) is 0 Å². The van der Waals surface area contributed by atoms with E-state index in [1.54, 1.807) is 0 Å². The topological polar surface area (TPSA) is 12.5 Å². The smallest absolute Gasteiger partial charge is 0.119 e. The molecule has 1 aromatic carbocycles. The van der Waals surface area contributed by atoms with Crippen molar-refractivity contribution in [3.8, 4) is 5.75 Å². The van der Waals surface area contributed by atoms with E-state index in [0.717, 1.165) is 11.7 Å². The normalized spacial score (nSPS) is 17.1. The molecule has 1 atom stereocenters. The van der Waals surface area contributed by atoms with Crippen molar-refractivity contribution in [1.29, 1.82) is 0 Å². The molecule has 23 heavy (non-hydrogen) atoms. The molecule has 130 valence electrons. The van der Waals surface area contributed by atoms with Gasteiger partial charge in [0.25, 0.3) is 0 Å². The third kappa shape index (κ3) is 6.55. The number of rotatable bonds is 9. The van der Waals surface area contributed by atoms with Gasteiger partial charge in [-0.25, -0.2) is 0 Å². The molecule has 0 aromatic heterocycles. The van der Waals surface area contributed by atoms with E-state index < -0.39 is 0 Å².